The van der Waals surface area contributed by atoms with Crippen LogP contribution in [0.1, 0.15) is 39.3 Å². The number of rotatable bonds is 3. The molecule has 1 amide bonds. The molecule has 2 heterocycles. The highest BCUT2D eigenvalue weighted by atomic mass is 16.2. The second-order valence-corrected chi connectivity index (χ2v) is 7.04. The van der Waals surface area contributed by atoms with Crippen LogP contribution in [0.25, 0.3) is 0 Å². The molecule has 0 atom stereocenters. The Morgan fingerprint density at radius 1 is 1.35 bits per heavy atom. The summed E-state index contributed by atoms with van der Waals surface area (Å²) in [6.07, 6.45) is 4.04. The molecule has 1 saturated heterocycles. The Labute approximate surface area is 120 Å². The van der Waals surface area contributed by atoms with Crippen molar-refractivity contribution in [2.24, 2.45) is 5.92 Å². The highest BCUT2D eigenvalue weighted by Gasteiger charge is 2.39. The summed E-state index contributed by atoms with van der Waals surface area (Å²) >= 11 is 0. The van der Waals surface area contributed by atoms with Crippen LogP contribution in [0.2, 0.25) is 0 Å². The van der Waals surface area contributed by atoms with Gasteiger partial charge in [0.2, 0.25) is 5.91 Å². The van der Waals surface area contributed by atoms with E-state index < -0.39 is 0 Å². The van der Waals surface area contributed by atoms with E-state index in [9.17, 15) is 4.79 Å². The number of hydrogen-bond donors (Lipinski definition) is 1. The van der Waals surface area contributed by atoms with E-state index >= 15 is 0 Å². The molecule has 1 aliphatic heterocycles. The molecule has 0 unspecified atom stereocenters. The van der Waals surface area contributed by atoms with Crippen LogP contribution in [0.15, 0.2) is 18.3 Å². The molecule has 3 rings (SSSR count). The first kappa shape index (κ1) is 13.4. The number of anilines is 1. The molecule has 2 fully saturated rings. The third kappa shape index (κ3) is 2.79. The molecule has 1 aliphatic carbocycles. The number of carbonyl (C=O) groups is 1. The van der Waals surface area contributed by atoms with Gasteiger partial charge >= 0.3 is 0 Å². The molecular weight excluding hydrogens is 250 g/mol. The summed E-state index contributed by atoms with van der Waals surface area (Å²) in [5, 5.41) is 3.50. The van der Waals surface area contributed by atoms with Crippen molar-refractivity contribution in [2.45, 2.75) is 45.1 Å². The average molecular weight is 273 g/mol. The van der Waals surface area contributed by atoms with Gasteiger partial charge in [0.1, 0.15) is 0 Å². The van der Waals surface area contributed by atoms with Crippen molar-refractivity contribution in [1.82, 2.24) is 9.88 Å². The van der Waals surface area contributed by atoms with E-state index in [2.05, 4.69) is 37.1 Å². The Kier molecular flexibility index (Phi) is 3.19. The van der Waals surface area contributed by atoms with Crippen LogP contribution in [-0.4, -0.2) is 34.9 Å². The zero-order chi connectivity index (χ0) is 14.3. The van der Waals surface area contributed by atoms with Crippen LogP contribution in [-0.2, 0) is 10.2 Å². The van der Waals surface area contributed by atoms with Gasteiger partial charge in [-0.3, -0.25) is 9.78 Å². The number of hydrogen-bond acceptors (Lipinski definition) is 3. The van der Waals surface area contributed by atoms with E-state index in [0.29, 0.717) is 17.9 Å². The summed E-state index contributed by atoms with van der Waals surface area (Å²) in [5.74, 6) is 0.692. The lowest BCUT2D eigenvalue weighted by atomic mass is 9.91. The molecule has 1 saturated carbocycles. The van der Waals surface area contributed by atoms with Crippen LogP contribution in [0.4, 0.5) is 5.69 Å². The van der Waals surface area contributed by atoms with Crippen molar-refractivity contribution in [3.63, 3.8) is 0 Å². The minimum atomic E-state index is 0.0608. The lowest BCUT2D eigenvalue weighted by Gasteiger charge is -2.40. The van der Waals surface area contributed by atoms with Crippen LogP contribution in [0.3, 0.4) is 0 Å². The number of aromatic nitrogens is 1. The number of likely N-dealkylation sites (tertiary alicyclic amines) is 1. The number of pyridine rings is 1. The van der Waals surface area contributed by atoms with Gasteiger partial charge in [0, 0.05) is 42.0 Å². The van der Waals surface area contributed by atoms with E-state index in [-0.39, 0.29) is 5.41 Å². The summed E-state index contributed by atoms with van der Waals surface area (Å²) in [4.78, 5) is 18.3. The number of nitrogens with one attached hydrogen (secondary N) is 1. The first-order chi connectivity index (χ1) is 9.43. The van der Waals surface area contributed by atoms with Crippen molar-refractivity contribution < 1.29 is 4.79 Å². The summed E-state index contributed by atoms with van der Waals surface area (Å²) in [7, 11) is 0. The summed E-state index contributed by atoms with van der Waals surface area (Å²) in [6.45, 7) is 8.17. The summed E-state index contributed by atoms with van der Waals surface area (Å²) in [6, 6.07) is 4.50. The van der Waals surface area contributed by atoms with Crippen molar-refractivity contribution in [3.05, 3.63) is 24.0 Å². The Morgan fingerprint density at radius 2 is 2.05 bits per heavy atom. The second-order valence-electron chi connectivity index (χ2n) is 7.04. The van der Waals surface area contributed by atoms with Gasteiger partial charge in [0.05, 0.1) is 6.04 Å². The third-order valence-electron chi connectivity index (χ3n) is 4.02. The molecule has 1 aromatic heterocycles. The van der Waals surface area contributed by atoms with Gasteiger partial charge in [-0.25, -0.2) is 0 Å². The van der Waals surface area contributed by atoms with E-state index in [4.69, 9.17) is 0 Å². The van der Waals surface area contributed by atoms with Crippen molar-refractivity contribution >= 4 is 11.6 Å². The van der Waals surface area contributed by atoms with Crippen molar-refractivity contribution in [2.75, 3.05) is 18.4 Å². The summed E-state index contributed by atoms with van der Waals surface area (Å²) < 4.78 is 0. The minimum Gasteiger partial charge on any atom is -0.379 e. The predicted molar refractivity (Wildman–Crippen MR) is 79.7 cm³/mol. The van der Waals surface area contributed by atoms with Crippen LogP contribution >= 0.6 is 0 Å². The highest BCUT2D eigenvalue weighted by molar-refractivity contribution is 5.82. The van der Waals surface area contributed by atoms with E-state index in [1.54, 1.807) is 0 Å². The first-order valence-corrected chi connectivity index (χ1v) is 7.45. The van der Waals surface area contributed by atoms with Crippen LogP contribution in [0, 0.1) is 5.92 Å². The summed E-state index contributed by atoms with van der Waals surface area (Å²) in [5.41, 5.74) is 2.26. The topological polar surface area (TPSA) is 45.2 Å². The Balaban J connectivity index is 1.56. The van der Waals surface area contributed by atoms with Crippen molar-refractivity contribution in [1.29, 1.82) is 0 Å². The van der Waals surface area contributed by atoms with Gasteiger partial charge in [0.25, 0.3) is 0 Å². The lowest BCUT2D eigenvalue weighted by Crippen LogP contribution is -2.57. The molecular formula is C16H23N3O. The zero-order valence-electron chi connectivity index (χ0n) is 12.5. The molecule has 4 nitrogen and oxygen atoms in total. The Bertz CT molecular complexity index is 511. The normalized spacial score (nSPS) is 19.6. The maximum Gasteiger partial charge on any atom is 0.225 e. The molecule has 2 aliphatic rings. The number of carbonyl (C=O) groups excluding carboxylic acids is 1. The molecule has 1 N–H and O–H groups in total. The maximum atomic E-state index is 11.9. The van der Waals surface area contributed by atoms with E-state index in [1.165, 1.54) is 0 Å². The fraction of sp³-hybridized carbons (Fsp3) is 0.625. The van der Waals surface area contributed by atoms with E-state index in [0.717, 1.165) is 37.3 Å². The molecule has 0 bridgehead atoms. The minimum absolute atomic E-state index is 0.0608. The smallest absolute Gasteiger partial charge is 0.225 e. The van der Waals surface area contributed by atoms with Crippen LogP contribution in [0.5, 0.6) is 0 Å². The molecule has 4 heteroatoms. The SMILES string of the molecule is CC(C)(C)c1cc(NC2CN(C(=O)C3CC3)C2)ccn1. The van der Waals surface area contributed by atoms with Gasteiger partial charge < -0.3 is 10.2 Å². The molecule has 0 radical (unpaired) electrons. The monoisotopic (exact) mass is 273 g/mol. The largest absolute Gasteiger partial charge is 0.379 e. The van der Waals surface area contributed by atoms with Gasteiger partial charge in [-0.05, 0) is 25.0 Å². The lowest BCUT2D eigenvalue weighted by molar-refractivity contribution is -0.136. The number of amides is 1. The van der Waals surface area contributed by atoms with E-state index in [1.807, 2.05) is 17.2 Å². The first-order valence-electron chi connectivity index (χ1n) is 7.45. The molecule has 108 valence electrons. The molecule has 20 heavy (non-hydrogen) atoms. The van der Waals surface area contributed by atoms with Gasteiger partial charge in [0.15, 0.2) is 0 Å². The second kappa shape index (κ2) is 4.76. The van der Waals surface area contributed by atoms with Crippen LogP contribution < -0.4 is 5.32 Å². The van der Waals surface area contributed by atoms with Gasteiger partial charge in [-0.15, -0.1) is 0 Å². The fourth-order valence-electron chi connectivity index (χ4n) is 2.50. The molecule has 1 aromatic rings. The molecule has 0 spiro atoms. The maximum absolute atomic E-state index is 11.9. The third-order valence-corrected chi connectivity index (χ3v) is 4.02. The highest BCUT2D eigenvalue weighted by Crippen LogP contribution is 2.33. The average Bonchev–Trinajstić information content (AvgIpc) is 3.16. The Hall–Kier alpha value is -1.58. The van der Waals surface area contributed by atoms with Crippen molar-refractivity contribution in [3.8, 4) is 0 Å². The molecule has 0 aromatic carbocycles. The fourth-order valence-corrected chi connectivity index (χ4v) is 2.50. The zero-order valence-corrected chi connectivity index (χ0v) is 12.5. The van der Waals surface area contributed by atoms with Gasteiger partial charge in [-0.2, -0.15) is 0 Å². The van der Waals surface area contributed by atoms with Gasteiger partial charge in [-0.1, -0.05) is 20.8 Å². The Morgan fingerprint density at radius 3 is 2.65 bits per heavy atom. The quantitative estimate of drug-likeness (QED) is 0.920. The standard InChI is InChI=1S/C16H23N3O/c1-16(2,3)14-8-12(6-7-17-14)18-13-9-19(10-13)15(20)11-4-5-11/h6-8,11,13H,4-5,9-10H2,1-3H3,(H,17,18). The number of nitrogens with zero attached hydrogens (tertiary/aromatic N) is 2. The predicted octanol–water partition coefficient (Wildman–Crippen LogP) is 2.41.